The van der Waals surface area contributed by atoms with Gasteiger partial charge in [0.25, 0.3) is 0 Å². The van der Waals surface area contributed by atoms with Crippen LogP contribution in [0.25, 0.3) is 0 Å². The first-order valence-electron chi connectivity index (χ1n) is 4.91. The first-order chi connectivity index (χ1) is 6.47. The van der Waals surface area contributed by atoms with E-state index in [-0.39, 0.29) is 12.2 Å². The fraction of sp³-hybridized carbons (Fsp3) is 0.800. The Kier molecular flexibility index (Phi) is 6.12. The van der Waals surface area contributed by atoms with Crippen LogP contribution in [-0.4, -0.2) is 24.4 Å². The quantitative estimate of drug-likeness (QED) is 0.511. The van der Waals surface area contributed by atoms with Gasteiger partial charge in [-0.3, -0.25) is 9.59 Å². The van der Waals surface area contributed by atoms with E-state index in [0.29, 0.717) is 18.9 Å². The molecule has 4 heteroatoms. The van der Waals surface area contributed by atoms with Crippen LogP contribution >= 0.6 is 0 Å². The average Bonchev–Trinajstić information content (AvgIpc) is 2.02. The van der Waals surface area contributed by atoms with Crippen LogP contribution in [0.2, 0.25) is 0 Å². The highest BCUT2D eigenvalue weighted by Crippen LogP contribution is 2.05. The van der Waals surface area contributed by atoms with E-state index in [1.54, 1.807) is 6.92 Å². The molecule has 82 valence electrons. The number of ketones is 1. The van der Waals surface area contributed by atoms with Gasteiger partial charge in [-0.2, -0.15) is 0 Å². The van der Waals surface area contributed by atoms with Crippen LogP contribution in [0.4, 0.5) is 0 Å². The Balaban J connectivity index is 3.89. The lowest BCUT2D eigenvalue weighted by Gasteiger charge is -2.12. The van der Waals surface area contributed by atoms with Crippen molar-refractivity contribution in [2.24, 2.45) is 11.7 Å². The fourth-order valence-corrected chi connectivity index (χ4v) is 1.12. The van der Waals surface area contributed by atoms with E-state index < -0.39 is 12.0 Å². The molecule has 0 heterocycles. The number of carbonyl (C=O) groups excluding carboxylic acids is 2. The van der Waals surface area contributed by atoms with Gasteiger partial charge >= 0.3 is 5.97 Å². The molecule has 0 fully saturated rings. The molecule has 2 N–H and O–H groups in total. The Bertz CT molecular complexity index is 202. The molecular weight excluding hydrogens is 182 g/mol. The Labute approximate surface area is 84.8 Å². The highest BCUT2D eigenvalue weighted by Gasteiger charge is 2.18. The number of hydrogen-bond acceptors (Lipinski definition) is 4. The van der Waals surface area contributed by atoms with Gasteiger partial charge in [-0.25, -0.2) is 0 Å². The van der Waals surface area contributed by atoms with Crippen LogP contribution < -0.4 is 5.73 Å². The summed E-state index contributed by atoms with van der Waals surface area (Å²) in [5, 5.41) is 0. The van der Waals surface area contributed by atoms with Crippen molar-refractivity contribution < 1.29 is 14.3 Å². The van der Waals surface area contributed by atoms with Crippen molar-refractivity contribution in [1.29, 1.82) is 0 Å². The molecule has 4 nitrogen and oxygen atoms in total. The number of Topliss-reactive ketones (excluding diaryl/α,β-unsaturated/α-hetero) is 1. The van der Waals surface area contributed by atoms with E-state index in [2.05, 4.69) is 4.74 Å². The molecule has 0 spiro atoms. The number of ether oxygens (including phenoxy) is 1. The van der Waals surface area contributed by atoms with Crippen LogP contribution in [0.15, 0.2) is 0 Å². The number of rotatable bonds is 6. The number of hydrogen-bond donors (Lipinski definition) is 1. The second-order valence-electron chi connectivity index (χ2n) is 3.68. The van der Waals surface area contributed by atoms with Crippen LogP contribution in [0.5, 0.6) is 0 Å². The zero-order chi connectivity index (χ0) is 11.1. The van der Waals surface area contributed by atoms with Gasteiger partial charge in [-0.05, 0) is 19.3 Å². The Morgan fingerprint density at radius 3 is 2.36 bits per heavy atom. The smallest absolute Gasteiger partial charge is 0.313 e. The highest BCUT2D eigenvalue weighted by atomic mass is 16.5. The van der Waals surface area contributed by atoms with E-state index in [1.165, 1.54) is 0 Å². The van der Waals surface area contributed by atoms with Crippen molar-refractivity contribution in [1.82, 2.24) is 0 Å². The predicted molar refractivity (Wildman–Crippen MR) is 53.7 cm³/mol. The first kappa shape index (κ1) is 13.1. The summed E-state index contributed by atoms with van der Waals surface area (Å²) < 4.78 is 4.65. The zero-order valence-corrected chi connectivity index (χ0v) is 9.08. The van der Waals surface area contributed by atoms with Crippen LogP contribution in [-0.2, 0) is 14.3 Å². The molecule has 0 aromatic carbocycles. The van der Waals surface area contributed by atoms with Crippen molar-refractivity contribution in [2.45, 2.75) is 39.7 Å². The van der Waals surface area contributed by atoms with Gasteiger partial charge in [0.15, 0.2) is 5.78 Å². The zero-order valence-electron chi connectivity index (χ0n) is 9.08. The largest absolute Gasteiger partial charge is 0.466 e. The normalized spacial score (nSPS) is 12.6. The number of carbonyl (C=O) groups is 2. The van der Waals surface area contributed by atoms with Gasteiger partial charge in [0.05, 0.1) is 12.6 Å². The summed E-state index contributed by atoms with van der Waals surface area (Å²) in [6, 6.07) is -0.542. The molecule has 0 radical (unpaired) electrons. The lowest BCUT2D eigenvalue weighted by molar-refractivity contribution is -0.145. The van der Waals surface area contributed by atoms with E-state index in [1.807, 2.05) is 13.8 Å². The SMILES string of the molecule is CCOC(=O)CC(=O)C(N)CC(C)C. The summed E-state index contributed by atoms with van der Waals surface area (Å²) in [7, 11) is 0. The molecule has 0 aliphatic carbocycles. The molecule has 0 saturated heterocycles. The van der Waals surface area contributed by atoms with Crippen molar-refractivity contribution >= 4 is 11.8 Å². The Morgan fingerprint density at radius 1 is 1.36 bits per heavy atom. The summed E-state index contributed by atoms with van der Waals surface area (Å²) in [4.78, 5) is 22.3. The minimum absolute atomic E-state index is 0.207. The molecule has 1 atom stereocenters. The molecule has 1 unspecified atom stereocenters. The van der Waals surface area contributed by atoms with Gasteiger partial charge in [0, 0.05) is 0 Å². The van der Waals surface area contributed by atoms with E-state index in [9.17, 15) is 9.59 Å². The molecular formula is C10H19NO3. The second-order valence-corrected chi connectivity index (χ2v) is 3.68. The van der Waals surface area contributed by atoms with Gasteiger partial charge in [0.1, 0.15) is 6.42 Å². The fourth-order valence-electron chi connectivity index (χ4n) is 1.12. The van der Waals surface area contributed by atoms with Gasteiger partial charge in [0.2, 0.25) is 0 Å². The summed E-state index contributed by atoms with van der Waals surface area (Å²) in [6.45, 7) is 5.97. The van der Waals surface area contributed by atoms with E-state index in [4.69, 9.17) is 5.73 Å². The first-order valence-corrected chi connectivity index (χ1v) is 4.91. The van der Waals surface area contributed by atoms with Crippen LogP contribution in [0.1, 0.15) is 33.6 Å². The molecule has 0 aliphatic rings. The minimum Gasteiger partial charge on any atom is -0.466 e. The molecule has 0 aromatic heterocycles. The monoisotopic (exact) mass is 201 g/mol. The van der Waals surface area contributed by atoms with Crippen molar-refractivity contribution in [3.8, 4) is 0 Å². The molecule has 0 amide bonds. The van der Waals surface area contributed by atoms with Crippen LogP contribution in [0.3, 0.4) is 0 Å². The van der Waals surface area contributed by atoms with Gasteiger partial charge in [-0.15, -0.1) is 0 Å². The molecule has 14 heavy (non-hydrogen) atoms. The maximum atomic E-state index is 11.3. The van der Waals surface area contributed by atoms with E-state index >= 15 is 0 Å². The number of nitrogens with two attached hydrogens (primary N) is 1. The van der Waals surface area contributed by atoms with Crippen molar-refractivity contribution in [2.75, 3.05) is 6.61 Å². The van der Waals surface area contributed by atoms with Gasteiger partial charge in [-0.1, -0.05) is 13.8 Å². The summed E-state index contributed by atoms with van der Waals surface area (Å²) >= 11 is 0. The summed E-state index contributed by atoms with van der Waals surface area (Å²) in [6.07, 6.45) is 0.403. The molecule has 0 aromatic rings. The van der Waals surface area contributed by atoms with Gasteiger partial charge < -0.3 is 10.5 Å². The summed E-state index contributed by atoms with van der Waals surface area (Å²) in [5.41, 5.74) is 5.61. The second kappa shape index (κ2) is 6.54. The third-order valence-electron chi connectivity index (χ3n) is 1.76. The minimum atomic E-state index is -0.542. The molecule has 0 bridgehead atoms. The lowest BCUT2D eigenvalue weighted by atomic mass is 10.00. The molecule has 0 aliphatic heterocycles. The lowest BCUT2D eigenvalue weighted by Crippen LogP contribution is -2.33. The number of esters is 1. The summed E-state index contributed by atoms with van der Waals surface area (Å²) in [5.74, 6) is -0.370. The van der Waals surface area contributed by atoms with Crippen LogP contribution in [0, 0.1) is 5.92 Å². The Hall–Kier alpha value is -0.900. The average molecular weight is 201 g/mol. The maximum Gasteiger partial charge on any atom is 0.313 e. The van der Waals surface area contributed by atoms with Crippen molar-refractivity contribution in [3.05, 3.63) is 0 Å². The predicted octanol–water partition coefficient (Wildman–Crippen LogP) is 0.882. The highest BCUT2D eigenvalue weighted by molar-refractivity contribution is 5.98. The molecule has 0 saturated carbocycles. The standard InChI is InChI=1S/C10H19NO3/c1-4-14-10(13)6-9(12)8(11)5-7(2)3/h7-8H,4-6,11H2,1-3H3. The topological polar surface area (TPSA) is 69.4 Å². The molecule has 0 rings (SSSR count). The maximum absolute atomic E-state index is 11.3. The third-order valence-corrected chi connectivity index (χ3v) is 1.76. The van der Waals surface area contributed by atoms with E-state index in [0.717, 1.165) is 0 Å². The van der Waals surface area contributed by atoms with Crippen molar-refractivity contribution in [3.63, 3.8) is 0 Å². The Morgan fingerprint density at radius 2 is 1.93 bits per heavy atom. The third kappa shape index (κ3) is 5.70.